The minimum atomic E-state index is -4.69. The second kappa shape index (κ2) is 5.68. The number of benzene rings is 2. The van der Waals surface area contributed by atoms with Gasteiger partial charge in [-0.05, 0) is 42.2 Å². The molecular weight excluding hydrogens is 327 g/mol. The number of hydrogen-bond donors (Lipinski definition) is 0. The first-order valence-corrected chi connectivity index (χ1v) is 8.59. The molecule has 0 bridgehead atoms. The lowest BCUT2D eigenvalue weighted by atomic mass is 9.80. The van der Waals surface area contributed by atoms with Crippen molar-refractivity contribution in [2.45, 2.75) is 37.5 Å². The number of halogens is 3. The molecule has 0 radical (unpaired) electrons. The summed E-state index contributed by atoms with van der Waals surface area (Å²) in [5.41, 5.74) is 3.87. The van der Waals surface area contributed by atoms with Crippen LogP contribution in [0.3, 0.4) is 0 Å². The van der Waals surface area contributed by atoms with Crippen molar-refractivity contribution < 1.29 is 17.9 Å². The molecule has 1 fully saturated rings. The fourth-order valence-electron chi connectivity index (χ4n) is 4.48. The molecule has 2 aromatic carbocycles. The lowest BCUT2D eigenvalue weighted by molar-refractivity contribution is -0.274. The first-order valence-electron chi connectivity index (χ1n) is 8.59. The normalized spacial score (nSPS) is 18.6. The largest absolute Gasteiger partial charge is 0.573 e. The first-order chi connectivity index (χ1) is 11.9. The van der Waals surface area contributed by atoms with Gasteiger partial charge in [-0.2, -0.15) is 0 Å². The molecule has 0 atom stereocenters. The van der Waals surface area contributed by atoms with Crippen LogP contribution in [-0.2, 0) is 5.41 Å². The van der Waals surface area contributed by atoms with Crippen molar-refractivity contribution in [3.63, 3.8) is 0 Å². The predicted octanol–water partition coefficient (Wildman–Crippen LogP) is 5.51. The molecule has 1 spiro atoms. The SMILES string of the molecule is CN1CC2(CCCC2)c2cc(-c3ccccc3OC(F)(F)F)ccc21. The van der Waals surface area contributed by atoms with Crippen molar-refractivity contribution in [1.82, 2.24) is 0 Å². The molecule has 0 saturated heterocycles. The van der Waals surface area contributed by atoms with Gasteiger partial charge in [0, 0.05) is 30.3 Å². The highest BCUT2D eigenvalue weighted by atomic mass is 19.4. The molecule has 4 rings (SSSR count). The van der Waals surface area contributed by atoms with E-state index in [1.807, 2.05) is 12.1 Å². The molecule has 1 aliphatic heterocycles. The van der Waals surface area contributed by atoms with Gasteiger partial charge in [-0.25, -0.2) is 0 Å². The number of nitrogens with zero attached hydrogens (tertiary/aromatic N) is 1. The summed E-state index contributed by atoms with van der Waals surface area (Å²) in [6.07, 6.45) is 0.0270. The van der Waals surface area contributed by atoms with Crippen molar-refractivity contribution in [2.24, 2.45) is 0 Å². The molecule has 1 aliphatic carbocycles. The van der Waals surface area contributed by atoms with E-state index in [-0.39, 0.29) is 11.2 Å². The standard InChI is InChI=1S/C20H20F3NO/c1-24-13-19(10-4-5-11-19)16-12-14(8-9-17(16)24)15-6-2-3-7-18(15)25-20(21,22)23/h2-3,6-9,12H,4-5,10-11,13H2,1H3. The van der Waals surface area contributed by atoms with Crippen LogP contribution in [0, 0.1) is 0 Å². The molecule has 2 aliphatic rings. The summed E-state index contributed by atoms with van der Waals surface area (Å²) in [7, 11) is 2.09. The number of alkyl halides is 3. The van der Waals surface area contributed by atoms with E-state index in [9.17, 15) is 13.2 Å². The maximum absolute atomic E-state index is 12.7. The highest BCUT2D eigenvalue weighted by Gasteiger charge is 2.43. The highest BCUT2D eigenvalue weighted by Crippen LogP contribution is 2.51. The molecule has 5 heteroatoms. The topological polar surface area (TPSA) is 12.5 Å². The molecule has 2 nitrogen and oxygen atoms in total. The van der Waals surface area contributed by atoms with Gasteiger partial charge in [-0.15, -0.1) is 13.2 Å². The number of anilines is 1. The second-order valence-corrected chi connectivity index (χ2v) is 7.12. The number of para-hydroxylation sites is 1. The minimum Gasteiger partial charge on any atom is -0.405 e. The molecule has 0 aromatic heterocycles. The van der Waals surface area contributed by atoms with Crippen LogP contribution in [0.4, 0.5) is 18.9 Å². The van der Waals surface area contributed by atoms with E-state index in [1.54, 1.807) is 18.2 Å². The summed E-state index contributed by atoms with van der Waals surface area (Å²) in [6.45, 7) is 0.993. The third kappa shape index (κ3) is 2.86. The molecule has 0 amide bonds. The van der Waals surface area contributed by atoms with Gasteiger partial charge in [0.15, 0.2) is 0 Å². The summed E-state index contributed by atoms with van der Waals surface area (Å²) < 4.78 is 42.4. The molecule has 2 aromatic rings. The van der Waals surface area contributed by atoms with E-state index in [1.165, 1.54) is 30.2 Å². The van der Waals surface area contributed by atoms with Gasteiger partial charge in [0.05, 0.1) is 0 Å². The van der Waals surface area contributed by atoms with Crippen molar-refractivity contribution in [2.75, 3.05) is 18.5 Å². The van der Waals surface area contributed by atoms with E-state index in [2.05, 4.69) is 22.8 Å². The van der Waals surface area contributed by atoms with Crippen LogP contribution in [0.15, 0.2) is 42.5 Å². The first kappa shape index (κ1) is 16.3. The molecule has 0 N–H and O–H groups in total. The Labute approximate surface area is 145 Å². The van der Waals surface area contributed by atoms with Crippen LogP contribution in [0.5, 0.6) is 5.75 Å². The Kier molecular flexibility index (Phi) is 3.71. The maximum Gasteiger partial charge on any atom is 0.573 e. The van der Waals surface area contributed by atoms with Crippen LogP contribution < -0.4 is 9.64 Å². The van der Waals surface area contributed by atoms with Crippen LogP contribution >= 0.6 is 0 Å². The van der Waals surface area contributed by atoms with Gasteiger partial charge in [0.2, 0.25) is 0 Å². The summed E-state index contributed by atoms with van der Waals surface area (Å²) in [5, 5.41) is 0. The van der Waals surface area contributed by atoms with Crippen molar-refractivity contribution in [3.8, 4) is 16.9 Å². The molecule has 1 heterocycles. The predicted molar refractivity (Wildman–Crippen MR) is 92.0 cm³/mol. The zero-order valence-corrected chi connectivity index (χ0v) is 14.1. The van der Waals surface area contributed by atoms with Crippen molar-refractivity contribution in [1.29, 1.82) is 0 Å². The Balaban J connectivity index is 1.79. The zero-order chi connectivity index (χ0) is 17.7. The lowest BCUT2D eigenvalue weighted by Crippen LogP contribution is -2.28. The summed E-state index contributed by atoms with van der Waals surface area (Å²) >= 11 is 0. The molecule has 0 unspecified atom stereocenters. The Morgan fingerprint density at radius 3 is 2.48 bits per heavy atom. The van der Waals surface area contributed by atoms with E-state index in [4.69, 9.17) is 0 Å². The molecule has 1 saturated carbocycles. The molecular formula is C20H20F3NO. The molecule has 132 valence electrons. The van der Waals surface area contributed by atoms with Gasteiger partial charge in [-0.1, -0.05) is 37.1 Å². The Hall–Kier alpha value is -2.17. The smallest absolute Gasteiger partial charge is 0.405 e. The van der Waals surface area contributed by atoms with E-state index >= 15 is 0 Å². The van der Waals surface area contributed by atoms with Crippen molar-refractivity contribution in [3.05, 3.63) is 48.0 Å². The lowest BCUT2D eigenvalue weighted by Gasteiger charge is -2.24. The number of likely N-dealkylation sites (N-methyl/N-ethyl adjacent to an activating group) is 1. The van der Waals surface area contributed by atoms with Gasteiger partial charge in [-0.3, -0.25) is 0 Å². The van der Waals surface area contributed by atoms with E-state index in [0.717, 1.165) is 24.9 Å². The number of ether oxygens (including phenoxy) is 1. The third-order valence-electron chi connectivity index (χ3n) is 5.50. The van der Waals surface area contributed by atoms with Crippen LogP contribution in [-0.4, -0.2) is 20.0 Å². The number of rotatable bonds is 2. The second-order valence-electron chi connectivity index (χ2n) is 7.12. The average molecular weight is 347 g/mol. The van der Waals surface area contributed by atoms with E-state index < -0.39 is 6.36 Å². The summed E-state index contributed by atoms with van der Waals surface area (Å²) in [5.74, 6) is -0.151. The number of hydrogen-bond acceptors (Lipinski definition) is 2. The Morgan fingerprint density at radius 2 is 1.76 bits per heavy atom. The fraction of sp³-hybridized carbons (Fsp3) is 0.400. The van der Waals surface area contributed by atoms with Gasteiger partial charge in [0.25, 0.3) is 0 Å². The van der Waals surface area contributed by atoms with Gasteiger partial charge >= 0.3 is 6.36 Å². The Morgan fingerprint density at radius 1 is 1.04 bits per heavy atom. The molecule has 25 heavy (non-hydrogen) atoms. The summed E-state index contributed by atoms with van der Waals surface area (Å²) in [6, 6.07) is 12.3. The van der Waals surface area contributed by atoms with E-state index in [0.29, 0.717) is 5.56 Å². The average Bonchev–Trinajstić information content (AvgIpc) is 3.13. The third-order valence-corrected chi connectivity index (χ3v) is 5.50. The highest BCUT2D eigenvalue weighted by molar-refractivity contribution is 5.76. The van der Waals surface area contributed by atoms with Gasteiger partial charge < -0.3 is 9.64 Å². The fourth-order valence-corrected chi connectivity index (χ4v) is 4.48. The zero-order valence-electron chi connectivity index (χ0n) is 14.1. The summed E-state index contributed by atoms with van der Waals surface area (Å²) in [4.78, 5) is 2.27. The number of fused-ring (bicyclic) bond motifs is 2. The van der Waals surface area contributed by atoms with Crippen LogP contribution in [0.2, 0.25) is 0 Å². The van der Waals surface area contributed by atoms with Gasteiger partial charge in [0.1, 0.15) is 5.75 Å². The van der Waals surface area contributed by atoms with Crippen molar-refractivity contribution >= 4 is 5.69 Å². The van der Waals surface area contributed by atoms with Crippen LogP contribution in [0.1, 0.15) is 31.2 Å². The monoisotopic (exact) mass is 347 g/mol. The minimum absolute atomic E-state index is 0.151. The Bertz CT molecular complexity index is 794. The van der Waals surface area contributed by atoms with Crippen LogP contribution in [0.25, 0.3) is 11.1 Å². The quantitative estimate of drug-likeness (QED) is 0.710. The maximum atomic E-state index is 12.7.